The van der Waals surface area contributed by atoms with E-state index in [0.717, 1.165) is 0 Å². The van der Waals surface area contributed by atoms with Gasteiger partial charge >= 0.3 is 0 Å². The molecule has 2 heteroatoms. The molecule has 0 aromatic heterocycles. The zero-order valence-corrected chi connectivity index (χ0v) is 11.7. The summed E-state index contributed by atoms with van der Waals surface area (Å²) >= 11 is 0. The summed E-state index contributed by atoms with van der Waals surface area (Å²) in [6.07, 6.45) is 7.33. The standard InChI is InChI=1S/2C7H16O/c2*1-3-4-5-7(2)6-8/h2*7-8H,3-6H2,1-2H3. The fraction of sp³-hybridized carbons (Fsp3) is 1.00. The van der Waals surface area contributed by atoms with E-state index in [2.05, 4.69) is 27.7 Å². The first-order valence-corrected chi connectivity index (χ1v) is 6.83. The third-order valence-electron chi connectivity index (χ3n) is 2.72. The van der Waals surface area contributed by atoms with Crippen LogP contribution in [-0.2, 0) is 0 Å². The van der Waals surface area contributed by atoms with E-state index in [1.165, 1.54) is 38.5 Å². The Morgan fingerprint density at radius 3 is 1.25 bits per heavy atom. The van der Waals surface area contributed by atoms with E-state index in [0.29, 0.717) is 25.0 Å². The third kappa shape index (κ3) is 16.4. The summed E-state index contributed by atoms with van der Waals surface area (Å²) < 4.78 is 0. The highest BCUT2D eigenvalue weighted by molar-refractivity contribution is 4.48. The highest BCUT2D eigenvalue weighted by atomic mass is 16.3. The van der Waals surface area contributed by atoms with Crippen molar-refractivity contribution < 1.29 is 10.2 Å². The molecule has 0 heterocycles. The Kier molecular flexibility index (Phi) is 17.1. The van der Waals surface area contributed by atoms with Crippen LogP contribution in [0.4, 0.5) is 0 Å². The molecule has 0 saturated heterocycles. The number of rotatable bonds is 8. The normalized spacial score (nSPS) is 13.9. The number of hydrogen-bond acceptors (Lipinski definition) is 2. The van der Waals surface area contributed by atoms with Crippen molar-refractivity contribution in [3.05, 3.63) is 0 Å². The monoisotopic (exact) mass is 232 g/mol. The lowest BCUT2D eigenvalue weighted by Crippen LogP contribution is -1.98. The quantitative estimate of drug-likeness (QED) is 0.671. The molecule has 0 aliphatic rings. The molecule has 0 aromatic rings. The van der Waals surface area contributed by atoms with Crippen molar-refractivity contribution >= 4 is 0 Å². The Bertz CT molecular complexity index is 101. The zero-order chi connectivity index (χ0) is 12.8. The molecule has 0 aliphatic carbocycles. The van der Waals surface area contributed by atoms with Gasteiger partial charge < -0.3 is 10.2 Å². The van der Waals surface area contributed by atoms with Crippen LogP contribution in [0.3, 0.4) is 0 Å². The molecule has 0 spiro atoms. The number of hydrogen-bond donors (Lipinski definition) is 2. The first-order chi connectivity index (χ1) is 7.62. The van der Waals surface area contributed by atoms with E-state index in [-0.39, 0.29) is 0 Å². The molecule has 0 bridgehead atoms. The van der Waals surface area contributed by atoms with Gasteiger partial charge in [0.15, 0.2) is 0 Å². The number of unbranched alkanes of at least 4 members (excludes halogenated alkanes) is 2. The van der Waals surface area contributed by atoms with Gasteiger partial charge in [-0.25, -0.2) is 0 Å². The van der Waals surface area contributed by atoms with Crippen LogP contribution in [0, 0.1) is 11.8 Å². The van der Waals surface area contributed by atoms with Crippen LogP contribution in [0.1, 0.15) is 66.2 Å². The average molecular weight is 232 g/mol. The highest BCUT2D eigenvalue weighted by Crippen LogP contribution is 2.05. The van der Waals surface area contributed by atoms with Gasteiger partial charge in [-0.2, -0.15) is 0 Å². The lowest BCUT2D eigenvalue weighted by Gasteiger charge is -2.03. The second-order valence-electron chi connectivity index (χ2n) is 4.86. The summed E-state index contributed by atoms with van der Waals surface area (Å²) in [5.41, 5.74) is 0. The van der Waals surface area contributed by atoms with Gasteiger partial charge in [-0.1, -0.05) is 53.4 Å². The lowest BCUT2D eigenvalue weighted by molar-refractivity contribution is 0.228. The summed E-state index contributed by atoms with van der Waals surface area (Å²) in [6, 6.07) is 0. The molecule has 0 fully saturated rings. The Hall–Kier alpha value is -0.0800. The average Bonchev–Trinajstić information content (AvgIpc) is 2.33. The van der Waals surface area contributed by atoms with Gasteiger partial charge in [-0.3, -0.25) is 0 Å². The van der Waals surface area contributed by atoms with Gasteiger partial charge in [0, 0.05) is 13.2 Å². The van der Waals surface area contributed by atoms with Crippen molar-refractivity contribution in [2.24, 2.45) is 11.8 Å². The minimum atomic E-state index is 0.347. The van der Waals surface area contributed by atoms with Crippen molar-refractivity contribution in [1.82, 2.24) is 0 Å². The smallest absolute Gasteiger partial charge is 0.0456 e. The fourth-order valence-electron chi connectivity index (χ4n) is 1.29. The predicted octanol–water partition coefficient (Wildman–Crippen LogP) is 3.61. The van der Waals surface area contributed by atoms with Gasteiger partial charge in [-0.05, 0) is 24.7 Å². The van der Waals surface area contributed by atoms with E-state index >= 15 is 0 Å². The maximum absolute atomic E-state index is 8.56. The molecule has 0 radical (unpaired) electrons. The molecule has 0 aromatic carbocycles. The van der Waals surface area contributed by atoms with Crippen LogP contribution in [0.2, 0.25) is 0 Å². The molecule has 100 valence electrons. The fourth-order valence-corrected chi connectivity index (χ4v) is 1.29. The molecule has 0 amide bonds. The molecule has 2 N–H and O–H groups in total. The SMILES string of the molecule is CCCCC(C)CO.CCCCC(C)CO. The minimum absolute atomic E-state index is 0.347. The van der Waals surface area contributed by atoms with E-state index in [1.54, 1.807) is 0 Å². The number of aliphatic hydroxyl groups excluding tert-OH is 2. The van der Waals surface area contributed by atoms with E-state index in [9.17, 15) is 0 Å². The van der Waals surface area contributed by atoms with Crippen molar-refractivity contribution in [1.29, 1.82) is 0 Å². The van der Waals surface area contributed by atoms with Crippen LogP contribution in [0.25, 0.3) is 0 Å². The second kappa shape index (κ2) is 14.9. The van der Waals surface area contributed by atoms with Crippen molar-refractivity contribution in [3.8, 4) is 0 Å². The Balaban J connectivity index is 0. The van der Waals surface area contributed by atoms with E-state index in [4.69, 9.17) is 10.2 Å². The first-order valence-electron chi connectivity index (χ1n) is 6.83. The molecular weight excluding hydrogens is 200 g/mol. The first kappa shape index (κ1) is 18.3. The summed E-state index contributed by atoms with van der Waals surface area (Å²) in [6.45, 7) is 9.19. The Labute approximate surface area is 102 Å². The minimum Gasteiger partial charge on any atom is -0.396 e. The molecule has 0 rings (SSSR count). The van der Waals surface area contributed by atoms with Gasteiger partial charge in [0.1, 0.15) is 0 Å². The summed E-state index contributed by atoms with van der Waals surface area (Å²) in [5.74, 6) is 1.02. The maximum Gasteiger partial charge on any atom is 0.0456 e. The molecule has 2 nitrogen and oxygen atoms in total. The second-order valence-corrected chi connectivity index (χ2v) is 4.86. The third-order valence-corrected chi connectivity index (χ3v) is 2.72. The Morgan fingerprint density at radius 1 is 0.750 bits per heavy atom. The van der Waals surface area contributed by atoms with Gasteiger partial charge in [-0.15, -0.1) is 0 Å². The molecule has 2 atom stereocenters. The summed E-state index contributed by atoms with van der Waals surface area (Å²) in [7, 11) is 0. The maximum atomic E-state index is 8.56. The van der Waals surface area contributed by atoms with E-state index < -0.39 is 0 Å². The van der Waals surface area contributed by atoms with Crippen molar-refractivity contribution in [2.75, 3.05) is 13.2 Å². The molecular formula is C14H32O2. The molecule has 2 unspecified atom stereocenters. The predicted molar refractivity (Wildman–Crippen MR) is 71.5 cm³/mol. The van der Waals surface area contributed by atoms with Crippen LogP contribution in [0.15, 0.2) is 0 Å². The van der Waals surface area contributed by atoms with Gasteiger partial charge in [0.2, 0.25) is 0 Å². The highest BCUT2D eigenvalue weighted by Gasteiger charge is 1.96. The van der Waals surface area contributed by atoms with Crippen LogP contribution < -0.4 is 0 Å². The zero-order valence-electron chi connectivity index (χ0n) is 11.7. The molecule has 0 aliphatic heterocycles. The summed E-state index contributed by atoms with van der Waals surface area (Å²) in [4.78, 5) is 0. The Morgan fingerprint density at radius 2 is 1.06 bits per heavy atom. The van der Waals surface area contributed by atoms with Gasteiger partial charge in [0.05, 0.1) is 0 Å². The lowest BCUT2D eigenvalue weighted by atomic mass is 10.1. The van der Waals surface area contributed by atoms with Crippen molar-refractivity contribution in [3.63, 3.8) is 0 Å². The molecule has 0 saturated carbocycles. The largest absolute Gasteiger partial charge is 0.396 e. The van der Waals surface area contributed by atoms with Crippen molar-refractivity contribution in [2.45, 2.75) is 66.2 Å². The van der Waals surface area contributed by atoms with Crippen LogP contribution in [0.5, 0.6) is 0 Å². The molecule has 16 heavy (non-hydrogen) atoms. The van der Waals surface area contributed by atoms with Gasteiger partial charge in [0.25, 0.3) is 0 Å². The van der Waals surface area contributed by atoms with Crippen LogP contribution in [-0.4, -0.2) is 23.4 Å². The topological polar surface area (TPSA) is 40.5 Å². The van der Waals surface area contributed by atoms with E-state index in [1.807, 2.05) is 0 Å². The number of aliphatic hydroxyl groups is 2. The van der Waals surface area contributed by atoms with Crippen LogP contribution >= 0.6 is 0 Å². The summed E-state index contributed by atoms with van der Waals surface area (Å²) in [5, 5.41) is 17.1.